The van der Waals surface area contributed by atoms with Crippen molar-refractivity contribution in [3.05, 3.63) is 23.3 Å². The van der Waals surface area contributed by atoms with Gasteiger partial charge in [0, 0.05) is 4.43 Å². The van der Waals surface area contributed by atoms with Gasteiger partial charge in [0.1, 0.15) is 0 Å². The van der Waals surface area contributed by atoms with Gasteiger partial charge in [-0.05, 0) is 44.8 Å². The highest BCUT2D eigenvalue weighted by Gasteiger charge is 2.36. The van der Waals surface area contributed by atoms with Crippen molar-refractivity contribution in [2.24, 2.45) is 0 Å². The lowest BCUT2D eigenvalue weighted by Crippen LogP contribution is -2.41. The van der Waals surface area contributed by atoms with Crippen LogP contribution in [0.15, 0.2) is 23.3 Å². The highest BCUT2D eigenvalue weighted by atomic mass is 127. The van der Waals surface area contributed by atoms with Crippen LogP contribution in [-0.2, 0) is 4.43 Å². The molecule has 0 fully saturated rings. The van der Waals surface area contributed by atoms with Crippen molar-refractivity contribution in [2.45, 2.75) is 65.6 Å². The normalized spacial score (nSPS) is 14.9. The number of halogens is 1. The molecule has 0 N–H and O–H groups in total. The van der Waals surface area contributed by atoms with E-state index in [9.17, 15) is 0 Å². The molecule has 0 saturated carbocycles. The SMILES string of the molecule is C/C(=C\CI)CC/C=C(\C)CO[Si](C)(C)C(C)(C)C. The summed E-state index contributed by atoms with van der Waals surface area (Å²) in [6.07, 6.45) is 6.93. The second-order valence-corrected chi connectivity index (χ2v) is 12.5. The minimum Gasteiger partial charge on any atom is -0.413 e. The maximum Gasteiger partial charge on any atom is 0.192 e. The van der Waals surface area contributed by atoms with Gasteiger partial charge in [-0.25, -0.2) is 0 Å². The average molecular weight is 394 g/mol. The number of hydrogen-bond acceptors (Lipinski definition) is 1. The fraction of sp³-hybridized carbons (Fsp3) is 0.750. The average Bonchev–Trinajstić information content (AvgIpc) is 2.25. The zero-order chi connectivity index (χ0) is 15.1. The van der Waals surface area contributed by atoms with Crippen molar-refractivity contribution in [3.63, 3.8) is 0 Å². The lowest BCUT2D eigenvalue weighted by atomic mass is 10.1. The van der Waals surface area contributed by atoms with Gasteiger partial charge in [-0.1, -0.05) is 66.7 Å². The van der Waals surface area contributed by atoms with Gasteiger partial charge in [-0.15, -0.1) is 0 Å². The minimum absolute atomic E-state index is 0.299. The van der Waals surface area contributed by atoms with Crippen LogP contribution in [0, 0.1) is 0 Å². The Balaban J connectivity index is 4.18. The molecule has 0 amide bonds. The molecule has 0 aliphatic rings. The molecule has 0 unspecified atom stereocenters. The van der Waals surface area contributed by atoms with E-state index in [1.807, 2.05) is 0 Å². The number of rotatable bonds is 7. The monoisotopic (exact) mass is 394 g/mol. The largest absolute Gasteiger partial charge is 0.413 e. The maximum absolute atomic E-state index is 6.22. The number of alkyl halides is 1. The fourth-order valence-electron chi connectivity index (χ4n) is 1.35. The highest BCUT2D eigenvalue weighted by molar-refractivity contribution is 14.1. The summed E-state index contributed by atoms with van der Waals surface area (Å²) in [5, 5.41) is 0.299. The molecule has 0 radical (unpaired) electrons. The Labute approximate surface area is 135 Å². The summed E-state index contributed by atoms with van der Waals surface area (Å²) >= 11 is 2.39. The lowest BCUT2D eigenvalue weighted by Gasteiger charge is -2.36. The van der Waals surface area contributed by atoms with Gasteiger partial charge in [0.2, 0.25) is 0 Å². The number of allylic oxidation sites excluding steroid dienone is 3. The van der Waals surface area contributed by atoms with Crippen LogP contribution in [0.2, 0.25) is 18.1 Å². The molecule has 0 saturated heterocycles. The van der Waals surface area contributed by atoms with Gasteiger partial charge in [0.15, 0.2) is 8.32 Å². The van der Waals surface area contributed by atoms with E-state index < -0.39 is 8.32 Å². The molecule has 0 bridgehead atoms. The van der Waals surface area contributed by atoms with Crippen LogP contribution >= 0.6 is 22.6 Å². The van der Waals surface area contributed by atoms with E-state index >= 15 is 0 Å². The number of hydrogen-bond donors (Lipinski definition) is 0. The van der Waals surface area contributed by atoms with Crippen LogP contribution in [0.4, 0.5) is 0 Å². The molecule has 0 heterocycles. The zero-order valence-electron chi connectivity index (χ0n) is 13.8. The molecule has 0 spiro atoms. The Morgan fingerprint density at radius 3 is 2.16 bits per heavy atom. The Morgan fingerprint density at radius 2 is 1.68 bits per heavy atom. The molecule has 112 valence electrons. The highest BCUT2D eigenvalue weighted by Crippen LogP contribution is 2.36. The third kappa shape index (κ3) is 8.30. The van der Waals surface area contributed by atoms with Crippen molar-refractivity contribution in [1.29, 1.82) is 0 Å². The smallest absolute Gasteiger partial charge is 0.192 e. The molecule has 0 rings (SSSR count). The van der Waals surface area contributed by atoms with Gasteiger partial charge in [0.05, 0.1) is 6.61 Å². The first kappa shape index (κ1) is 19.4. The Kier molecular flexibility index (Phi) is 8.80. The van der Waals surface area contributed by atoms with E-state index in [1.165, 1.54) is 17.6 Å². The van der Waals surface area contributed by atoms with E-state index in [1.54, 1.807) is 0 Å². The Morgan fingerprint density at radius 1 is 1.11 bits per heavy atom. The molecular weight excluding hydrogens is 363 g/mol. The molecular formula is C16H31IOSi. The Bertz CT molecular complexity index is 324. The topological polar surface area (TPSA) is 9.23 Å². The van der Waals surface area contributed by atoms with Crippen molar-refractivity contribution >= 4 is 30.9 Å². The van der Waals surface area contributed by atoms with Crippen molar-refractivity contribution in [1.82, 2.24) is 0 Å². The standard InChI is InChI=1S/C16H31IOSi/c1-14(11-12-17)9-8-10-15(2)13-18-19(6,7)16(3,4)5/h10-11H,8-9,12-13H2,1-7H3/b14-11+,15-10+. The summed E-state index contributed by atoms with van der Waals surface area (Å²) in [4.78, 5) is 0. The molecule has 0 aromatic carbocycles. The first-order valence-electron chi connectivity index (χ1n) is 7.11. The van der Waals surface area contributed by atoms with E-state index in [0.29, 0.717) is 5.04 Å². The zero-order valence-corrected chi connectivity index (χ0v) is 16.9. The molecule has 0 aliphatic carbocycles. The quantitative estimate of drug-likeness (QED) is 0.219. The predicted molar refractivity (Wildman–Crippen MR) is 98.8 cm³/mol. The second kappa shape index (κ2) is 8.62. The molecule has 0 aromatic rings. The van der Waals surface area contributed by atoms with Crippen molar-refractivity contribution in [2.75, 3.05) is 11.0 Å². The van der Waals surface area contributed by atoms with Gasteiger partial charge >= 0.3 is 0 Å². The van der Waals surface area contributed by atoms with Gasteiger partial charge in [-0.3, -0.25) is 0 Å². The van der Waals surface area contributed by atoms with Gasteiger partial charge < -0.3 is 4.43 Å². The summed E-state index contributed by atoms with van der Waals surface area (Å²) in [5.41, 5.74) is 2.86. The maximum atomic E-state index is 6.22. The Hall–Kier alpha value is 0.387. The summed E-state index contributed by atoms with van der Waals surface area (Å²) in [6, 6.07) is 0. The molecule has 1 nitrogen and oxygen atoms in total. The van der Waals surface area contributed by atoms with Crippen LogP contribution < -0.4 is 0 Å². The van der Waals surface area contributed by atoms with Crippen LogP contribution in [0.3, 0.4) is 0 Å². The third-order valence-corrected chi connectivity index (χ3v) is 8.84. The molecule has 19 heavy (non-hydrogen) atoms. The summed E-state index contributed by atoms with van der Waals surface area (Å²) in [5.74, 6) is 0. The van der Waals surface area contributed by atoms with Crippen molar-refractivity contribution in [3.8, 4) is 0 Å². The summed E-state index contributed by atoms with van der Waals surface area (Å²) in [6.45, 7) is 16.7. The van der Waals surface area contributed by atoms with Gasteiger partial charge in [-0.2, -0.15) is 0 Å². The van der Waals surface area contributed by atoms with Crippen LogP contribution in [-0.4, -0.2) is 19.4 Å². The first-order chi connectivity index (χ1) is 8.60. The fourth-order valence-corrected chi connectivity index (χ4v) is 3.12. The molecule has 0 aromatic heterocycles. The third-order valence-electron chi connectivity index (χ3n) is 3.92. The molecule has 3 heteroatoms. The van der Waals surface area contributed by atoms with Crippen molar-refractivity contribution < 1.29 is 4.43 Å². The molecule has 0 atom stereocenters. The van der Waals surface area contributed by atoms with Crippen LogP contribution in [0.5, 0.6) is 0 Å². The van der Waals surface area contributed by atoms with E-state index in [-0.39, 0.29) is 0 Å². The van der Waals surface area contributed by atoms with Crippen LogP contribution in [0.25, 0.3) is 0 Å². The first-order valence-corrected chi connectivity index (χ1v) is 11.5. The van der Waals surface area contributed by atoms with Crippen LogP contribution in [0.1, 0.15) is 47.5 Å². The van der Waals surface area contributed by atoms with E-state index in [2.05, 4.69) is 82.5 Å². The van der Waals surface area contributed by atoms with Gasteiger partial charge in [0.25, 0.3) is 0 Å². The lowest BCUT2D eigenvalue weighted by molar-refractivity contribution is 0.318. The summed E-state index contributed by atoms with van der Waals surface area (Å²) < 4.78 is 7.33. The summed E-state index contributed by atoms with van der Waals surface area (Å²) in [7, 11) is -1.59. The van der Waals surface area contributed by atoms with E-state index in [0.717, 1.165) is 17.5 Å². The second-order valence-electron chi connectivity index (χ2n) is 6.84. The predicted octanol–water partition coefficient (Wildman–Crippen LogP) is 6.12. The molecule has 0 aliphatic heterocycles. The minimum atomic E-state index is -1.59. The van der Waals surface area contributed by atoms with E-state index in [4.69, 9.17) is 4.43 Å².